The summed E-state index contributed by atoms with van der Waals surface area (Å²) in [6.07, 6.45) is 1.32. The Morgan fingerprint density at radius 1 is 0.923 bits per heavy atom. The van der Waals surface area contributed by atoms with Crippen molar-refractivity contribution in [1.82, 2.24) is 9.47 Å². The molecule has 1 saturated heterocycles. The van der Waals surface area contributed by atoms with Crippen molar-refractivity contribution in [2.45, 2.75) is 25.0 Å². The first-order valence-corrected chi connectivity index (χ1v) is 9.02. The topological polar surface area (TPSA) is 87.3 Å². The Morgan fingerprint density at radius 2 is 1.58 bits per heavy atom. The van der Waals surface area contributed by atoms with Crippen molar-refractivity contribution in [2.75, 3.05) is 32.8 Å². The molecule has 2 aliphatic rings. The third-order valence-electron chi connectivity index (χ3n) is 5.12. The fourth-order valence-corrected chi connectivity index (χ4v) is 3.79. The van der Waals surface area contributed by atoms with Gasteiger partial charge in [0, 0.05) is 18.7 Å². The maximum absolute atomic E-state index is 11.1. The molecule has 2 atom stereocenters. The van der Waals surface area contributed by atoms with Crippen LogP contribution < -0.4 is 9.47 Å². The molecular formula is C19H24N2O5. The summed E-state index contributed by atoms with van der Waals surface area (Å²) in [7, 11) is 0. The number of nitrogens with zero attached hydrogens (tertiary/aromatic N) is 2. The Morgan fingerprint density at radius 3 is 2.27 bits per heavy atom. The van der Waals surface area contributed by atoms with Crippen LogP contribution in [0, 0.1) is 0 Å². The number of aliphatic hydroxyl groups is 1. The molecule has 7 nitrogen and oxygen atoms in total. The molecule has 2 aromatic rings. The summed E-state index contributed by atoms with van der Waals surface area (Å²) in [5.41, 5.74) is 0.658. The molecule has 0 aliphatic carbocycles. The van der Waals surface area contributed by atoms with Crippen LogP contribution in [0.4, 0.5) is 0 Å². The number of rotatable bonds is 5. The van der Waals surface area contributed by atoms with E-state index in [1.165, 1.54) is 16.7 Å². The van der Waals surface area contributed by atoms with E-state index < -0.39 is 12.1 Å². The van der Waals surface area contributed by atoms with Crippen LogP contribution in [0.25, 0.3) is 0 Å². The highest BCUT2D eigenvalue weighted by Crippen LogP contribution is 2.39. The molecule has 3 heterocycles. The number of hydrogen-bond donors (Lipinski definition) is 3. The molecule has 1 aromatic carbocycles. The summed E-state index contributed by atoms with van der Waals surface area (Å²) in [5, 5.41) is 31.5. The summed E-state index contributed by atoms with van der Waals surface area (Å²) < 4.78 is 12.5. The van der Waals surface area contributed by atoms with Gasteiger partial charge in [-0.05, 0) is 43.6 Å². The molecule has 0 bridgehead atoms. The summed E-state index contributed by atoms with van der Waals surface area (Å²) >= 11 is 0. The predicted molar refractivity (Wildman–Crippen MR) is 94.9 cm³/mol. The number of fused-ring (bicyclic) bond motifs is 1. The second kappa shape index (κ2) is 7.09. The molecule has 7 heteroatoms. The van der Waals surface area contributed by atoms with Crippen molar-refractivity contribution in [3.63, 3.8) is 0 Å². The summed E-state index contributed by atoms with van der Waals surface area (Å²) in [6, 6.07) is 7.70. The molecule has 1 aromatic heterocycles. The van der Waals surface area contributed by atoms with Gasteiger partial charge in [-0.1, -0.05) is 6.07 Å². The molecule has 140 valence electrons. The number of aromatic hydroxyl groups is 2. The third-order valence-corrected chi connectivity index (χ3v) is 5.12. The lowest BCUT2D eigenvalue weighted by molar-refractivity contribution is 0.0807. The number of aromatic nitrogens is 1. The molecule has 0 amide bonds. The second-order valence-corrected chi connectivity index (χ2v) is 6.84. The van der Waals surface area contributed by atoms with E-state index in [0.29, 0.717) is 36.8 Å². The quantitative estimate of drug-likeness (QED) is 0.756. The van der Waals surface area contributed by atoms with E-state index in [0.717, 1.165) is 25.9 Å². The average Bonchev–Trinajstić information content (AvgIpc) is 3.29. The van der Waals surface area contributed by atoms with Crippen molar-refractivity contribution >= 4 is 0 Å². The van der Waals surface area contributed by atoms with Crippen LogP contribution in [0.3, 0.4) is 0 Å². The highest BCUT2D eigenvalue weighted by atomic mass is 16.6. The first-order valence-electron chi connectivity index (χ1n) is 9.02. The molecule has 0 spiro atoms. The van der Waals surface area contributed by atoms with Gasteiger partial charge < -0.3 is 29.7 Å². The number of hydrogen-bond acceptors (Lipinski definition) is 6. The molecule has 26 heavy (non-hydrogen) atoms. The normalized spacial score (nSPS) is 19.4. The highest BCUT2D eigenvalue weighted by molar-refractivity contribution is 5.44. The largest absolute Gasteiger partial charge is 0.494 e. The van der Waals surface area contributed by atoms with Crippen molar-refractivity contribution in [1.29, 1.82) is 0 Å². The van der Waals surface area contributed by atoms with Crippen molar-refractivity contribution in [3.8, 4) is 23.3 Å². The molecule has 0 radical (unpaired) electrons. The lowest BCUT2D eigenvalue weighted by Crippen LogP contribution is -2.32. The average molecular weight is 360 g/mol. The van der Waals surface area contributed by atoms with Gasteiger partial charge in [-0.2, -0.15) is 0 Å². The molecule has 0 saturated carbocycles. The monoisotopic (exact) mass is 360 g/mol. The fourth-order valence-electron chi connectivity index (χ4n) is 3.79. The van der Waals surface area contributed by atoms with Crippen LogP contribution in [0.1, 0.15) is 30.6 Å². The van der Waals surface area contributed by atoms with E-state index in [4.69, 9.17) is 9.47 Å². The van der Waals surface area contributed by atoms with Gasteiger partial charge in [0.05, 0.1) is 6.04 Å². The van der Waals surface area contributed by atoms with Crippen LogP contribution in [0.15, 0.2) is 30.3 Å². The van der Waals surface area contributed by atoms with Gasteiger partial charge in [-0.15, -0.1) is 0 Å². The van der Waals surface area contributed by atoms with Crippen LogP contribution in [0.5, 0.6) is 23.3 Å². The van der Waals surface area contributed by atoms with Gasteiger partial charge in [0.25, 0.3) is 0 Å². The van der Waals surface area contributed by atoms with E-state index >= 15 is 0 Å². The van der Waals surface area contributed by atoms with Crippen LogP contribution in [-0.4, -0.2) is 57.6 Å². The van der Waals surface area contributed by atoms with Crippen molar-refractivity contribution in [2.24, 2.45) is 0 Å². The van der Waals surface area contributed by atoms with Crippen LogP contribution in [0.2, 0.25) is 0 Å². The molecule has 1 fully saturated rings. The zero-order valence-electron chi connectivity index (χ0n) is 14.5. The zero-order valence-corrected chi connectivity index (χ0v) is 14.5. The third kappa shape index (κ3) is 3.20. The van der Waals surface area contributed by atoms with Crippen molar-refractivity contribution in [3.05, 3.63) is 35.9 Å². The smallest absolute Gasteiger partial charge is 0.194 e. The number of benzene rings is 1. The van der Waals surface area contributed by atoms with Gasteiger partial charge in [0.1, 0.15) is 19.3 Å². The van der Waals surface area contributed by atoms with Crippen LogP contribution >= 0.6 is 0 Å². The molecule has 2 aliphatic heterocycles. The van der Waals surface area contributed by atoms with E-state index in [2.05, 4.69) is 4.90 Å². The first-order chi connectivity index (χ1) is 12.6. The maximum atomic E-state index is 11.1. The molecular weight excluding hydrogens is 336 g/mol. The van der Waals surface area contributed by atoms with E-state index in [-0.39, 0.29) is 11.8 Å². The molecule has 4 rings (SSSR count). The summed E-state index contributed by atoms with van der Waals surface area (Å²) in [5.74, 6) is 1.13. The van der Waals surface area contributed by atoms with Gasteiger partial charge in [0.2, 0.25) is 0 Å². The van der Waals surface area contributed by atoms with Gasteiger partial charge in [0.15, 0.2) is 23.3 Å². The second-order valence-electron chi connectivity index (χ2n) is 6.84. The van der Waals surface area contributed by atoms with Gasteiger partial charge >= 0.3 is 0 Å². The zero-order chi connectivity index (χ0) is 18.1. The summed E-state index contributed by atoms with van der Waals surface area (Å²) in [4.78, 5) is 2.24. The van der Waals surface area contributed by atoms with Gasteiger partial charge in [-0.3, -0.25) is 4.57 Å². The van der Waals surface area contributed by atoms with E-state index in [1.807, 2.05) is 0 Å². The maximum Gasteiger partial charge on any atom is 0.194 e. The highest BCUT2D eigenvalue weighted by Gasteiger charge is 2.30. The Bertz CT molecular complexity index is 750. The minimum absolute atomic E-state index is 0.0664. The SMILES string of the molecule is Oc1ccc(O)n1C(CN1CCCC1)C(O)c1ccc2c(c1)OCCO2. The predicted octanol–water partition coefficient (Wildman–Crippen LogP) is 2.04. The van der Waals surface area contributed by atoms with E-state index in [9.17, 15) is 15.3 Å². The summed E-state index contributed by atoms with van der Waals surface area (Å²) in [6.45, 7) is 3.42. The fraction of sp³-hybridized carbons (Fsp3) is 0.474. The molecule has 2 unspecified atom stereocenters. The van der Waals surface area contributed by atoms with Crippen LogP contribution in [-0.2, 0) is 0 Å². The number of likely N-dealkylation sites (tertiary alicyclic amines) is 1. The Labute approximate surface area is 152 Å². The van der Waals surface area contributed by atoms with E-state index in [1.54, 1.807) is 18.2 Å². The lowest BCUT2D eigenvalue weighted by Gasteiger charge is -2.30. The lowest BCUT2D eigenvalue weighted by atomic mass is 10.0. The number of aliphatic hydroxyl groups excluding tert-OH is 1. The minimum atomic E-state index is -0.921. The Kier molecular flexibility index (Phi) is 4.65. The molecule has 3 N–H and O–H groups in total. The van der Waals surface area contributed by atoms with Crippen molar-refractivity contribution < 1.29 is 24.8 Å². The standard InChI is InChI=1S/C19H24N2O5/c22-17-5-6-18(23)21(17)14(12-20-7-1-2-8-20)19(24)13-3-4-15-16(11-13)26-10-9-25-15/h3-6,11,14,19,22-24H,1-2,7-10,12H2. The first kappa shape index (κ1) is 17.1. The van der Waals surface area contributed by atoms with Gasteiger partial charge in [-0.25, -0.2) is 0 Å². The minimum Gasteiger partial charge on any atom is -0.494 e. The Hall–Kier alpha value is -2.38. The number of ether oxygens (including phenoxy) is 2. The Balaban J connectivity index is 1.66.